The lowest BCUT2D eigenvalue weighted by atomic mass is 10.3. The largest absolute Gasteiger partial charge is 0.326 e. The molecule has 0 atom stereocenters. The summed E-state index contributed by atoms with van der Waals surface area (Å²) in [6.07, 6.45) is 1.69. The highest BCUT2D eigenvalue weighted by atomic mass is 16.1. The van der Waals surface area contributed by atoms with Crippen molar-refractivity contribution in [3.63, 3.8) is 0 Å². The molecule has 1 rings (SSSR count). The molecule has 10 heavy (non-hydrogen) atoms. The Bertz CT molecular complexity index is 277. The van der Waals surface area contributed by atoms with E-state index < -0.39 is 0 Å². The minimum absolute atomic E-state index is 0.00463. The zero-order valence-electron chi connectivity index (χ0n) is 6.09. The van der Waals surface area contributed by atoms with E-state index in [1.54, 1.807) is 26.2 Å². The summed E-state index contributed by atoms with van der Waals surface area (Å²) < 4.78 is 1.44. The summed E-state index contributed by atoms with van der Waals surface area (Å²) in [6, 6.07) is 3.61. The number of hydrogen-bond donors (Lipinski definition) is 1. The van der Waals surface area contributed by atoms with E-state index in [-0.39, 0.29) is 5.56 Å². The Hall–Kier alpha value is -1.25. The van der Waals surface area contributed by atoms with E-state index in [1.165, 1.54) is 4.68 Å². The normalized spacial score (nSPS) is 9.40. The first-order valence-corrected chi connectivity index (χ1v) is 3.11. The number of aromatic nitrogens is 1. The first kappa shape index (κ1) is 6.86. The van der Waals surface area contributed by atoms with Crippen molar-refractivity contribution in [3.05, 3.63) is 34.2 Å². The summed E-state index contributed by atoms with van der Waals surface area (Å²) in [5, 5.41) is 0. The average molecular weight is 138 g/mol. The van der Waals surface area contributed by atoms with Crippen LogP contribution in [0.4, 0.5) is 0 Å². The Morgan fingerprint density at radius 3 is 2.80 bits per heavy atom. The quantitative estimate of drug-likeness (QED) is 0.606. The Labute approximate surface area is 59.3 Å². The lowest BCUT2D eigenvalue weighted by Crippen LogP contribution is -2.26. The van der Waals surface area contributed by atoms with Gasteiger partial charge in [0, 0.05) is 18.8 Å². The van der Waals surface area contributed by atoms with Crippen molar-refractivity contribution >= 4 is 0 Å². The fraction of sp³-hybridized carbons (Fsp3) is 0.286. The summed E-state index contributed by atoms with van der Waals surface area (Å²) in [5.74, 6) is 0. The molecule has 0 spiro atoms. The molecule has 0 amide bonds. The van der Waals surface area contributed by atoms with Crippen LogP contribution in [0.1, 0.15) is 5.56 Å². The molecule has 0 bridgehead atoms. The lowest BCUT2D eigenvalue weighted by Gasteiger charge is -2.02. The van der Waals surface area contributed by atoms with Crippen molar-refractivity contribution in [3.8, 4) is 0 Å². The monoisotopic (exact) mass is 138 g/mol. The second-order valence-electron chi connectivity index (χ2n) is 2.09. The van der Waals surface area contributed by atoms with Crippen LogP contribution in [0.15, 0.2) is 23.1 Å². The van der Waals surface area contributed by atoms with Gasteiger partial charge in [0.15, 0.2) is 0 Å². The van der Waals surface area contributed by atoms with Gasteiger partial charge in [-0.15, -0.1) is 0 Å². The van der Waals surface area contributed by atoms with Crippen LogP contribution < -0.4 is 11.0 Å². The SMILES string of the molecule is CNn1cccc(C)c1=O. The molecule has 0 unspecified atom stereocenters. The van der Waals surface area contributed by atoms with Crippen LogP contribution in [0.5, 0.6) is 0 Å². The molecule has 0 saturated heterocycles. The standard InChI is InChI=1S/C7H10N2O/c1-6-4-3-5-9(8-2)7(6)10/h3-5,8H,1-2H3. The molecule has 3 nitrogen and oxygen atoms in total. The van der Waals surface area contributed by atoms with Crippen LogP contribution in [-0.2, 0) is 0 Å². The molecule has 0 aliphatic carbocycles. The second kappa shape index (κ2) is 2.56. The third kappa shape index (κ3) is 1.03. The highest BCUT2D eigenvalue weighted by Crippen LogP contribution is 1.84. The van der Waals surface area contributed by atoms with Crippen molar-refractivity contribution < 1.29 is 0 Å². The van der Waals surface area contributed by atoms with E-state index in [4.69, 9.17) is 0 Å². The second-order valence-corrected chi connectivity index (χ2v) is 2.09. The van der Waals surface area contributed by atoms with Crippen LogP contribution in [-0.4, -0.2) is 11.7 Å². The first-order valence-electron chi connectivity index (χ1n) is 3.11. The zero-order chi connectivity index (χ0) is 7.56. The van der Waals surface area contributed by atoms with Gasteiger partial charge in [0.1, 0.15) is 0 Å². The highest BCUT2D eigenvalue weighted by Gasteiger charge is 1.92. The molecule has 0 aromatic carbocycles. The number of hydrogen-bond acceptors (Lipinski definition) is 2. The Balaban J connectivity index is 3.28. The van der Waals surface area contributed by atoms with Gasteiger partial charge >= 0.3 is 0 Å². The summed E-state index contributed by atoms with van der Waals surface area (Å²) in [6.45, 7) is 1.79. The van der Waals surface area contributed by atoms with Gasteiger partial charge in [-0.05, 0) is 13.0 Å². The van der Waals surface area contributed by atoms with Gasteiger partial charge in [-0.3, -0.25) is 4.79 Å². The molecule has 54 valence electrons. The van der Waals surface area contributed by atoms with Crippen molar-refractivity contribution in [2.24, 2.45) is 0 Å². The fourth-order valence-electron chi connectivity index (χ4n) is 0.778. The number of nitrogens with zero attached hydrogens (tertiary/aromatic N) is 1. The van der Waals surface area contributed by atoms with Gasteiger partial charge < -0.3 is 5.43 Å². The number of nitrogens with one attached hydrogen (secondary N) is 1. The van der Waals surface area contributed by atoms with Gasteiger partial charge in [0.25, 0.3) is 5.56 Å². The topological polar surface area (TPSA) is 34.0 Å². The van der Waals surface area contributed by atoms with Gasteiger partial charge in [0.2, 0.25) is 0 Å². The van der Waals surface area contributed by atoms with Crippen LogP contribution in [0.3, 0.4) is 0 Å². The number of pyridine rings is 1. The molecule has 0 aliphatic heterocycles. The van der Waals surface area contributed by atoms with Crippen LogP contribution in [0, 0.1) is 6.92 Å². The zero-order valence-corrected chi connectivity index (χ0v) is 6.09. The lowest BCUT2D eigenvalue weighted by molar-refractivity contribution is 0.861. The molecule has 0 saturated carbocycles. The fourth-order valence-corrected chi connectivity index (χ4v) is 0.778. The summed E-state index contributed by atoms with van der Waals surface area (Å²) in [7, 11) is 1.71. The van der Waals surface area contributed by atoms with E-state index in [9.17, 15) is 4.79 Å². The predicted octanol–water partition coefficient (Wildman–Crippen LogP) is 0.330. The molecule has 0 aliphatic rings. The van der Waals surface area contributed by atoms with Crippen molar-refractivity contribution in [2.75, 3.05) is 12.5 Å². The van der Waals surface area contributed by atoms with Crippen LogP contribution in [0.2, 0.25) is 0 Å². The Kier molecular flexibility index (Phi) is 1.76. The molecular weight excluding hydrogens is 128 g/mol. The number of rotatable bonds is 1. The van der Waals surface area contributed by atoms with E-state index in [1.807, 2.05) is 6.07 Å². The summed E-state index contributed by atoms with van der Waals surface area (Å²) in [5.41, 5.74) is 3.49. The van der Waals surface area contributed by atoms with Gasteiger partial charge in [-0.25, -0.2) is 4.68 Å². The van der Waals surface area contributed by atoms with Crippen LogP contribution in [0.25, 0.3) is 0 Å². The van der Waals surface area contributed by atoms with E-state index in [0.29, 0.717) is 0 Å². The maximum atomic E-state index is 11.1. The minimum Gasteiger partial charge on any atom is -0.326 e. The number of aryl methyl sites for hydroxylation is 1. The summed E-state index contributed by atoms with van der Waals surface area (Å²) >= 11 is 0. The third-order valence-corrected chi connectivity index (χ3v) is 1.38. The molecule has 1 aromatic rings. The van der Waals surface area contributed by atoms with E-state index in [2.05, 4.69) is 5.43 Å². The third-order valence-electron chi connectivity index (χ3n) is 1.38. The average Bonchev–Trinajstić information content (AvgIpc) is 1.95. The van der Waals surface area contributed by atoms with Crippen molar-refractivity contribution in [1.29, 1.82) is 0 Å². The summed E-state index contributed by atoms with van der Waals surface area (Å²) in [4.78, 5) is 11.1. The van der Waals surface area contributed by atoms with E-state index >= 15 is 0 Å². The maximum absolute atomic E-state index is 11.1. The molecule has 0 radical (unpaired) electrons. The molecule has 1 heterocycles. The molecule has 1 aromatic heterocycles. The smallest absolute Gasteiger partial charge is 0.271 e. The van der Waals surface area contributed by atoms with Crippen molar-refractivity contribution in [1.82, 2.24) is 4.68 Å². The van der Waals surface area contributed by atoms with Gasteiger partial charge in [-0.2, -0.15) is 0 Å². The van der Waals surface area contributed by atoms with Crippen LogP contribution >= 0.6 is 0 Å². The van der Waals surface area contributed by atoms with Gasteiger partial charge in [0.05, 0.1) is 0 Å². The predicted molar refractivity (Wildman–Crippen MR) is 40.7 cm³/mol. The first-order chi connectivity index (χ1) is 4.75. The molecular formula is C7H10N2O. The highest BCUT2D eigenvalue weighted by molar-refractivity contribution is 5.08. The molecule has 0 fully saturated rings. The minimum atomic E-state index is 0.00463. The maximum Gasteiger partial charge on any atom is 0.271 e. The van der Waals surface area contributed by atoms with Gasteiger partial charge in [-0.1, -0.05) is 6.07 Å². The molecule has 1 N–H and O–H groups in total. The Morgan fingerprint density at radius 2 is 2.30 bits per heavy atom. The van der Waals surface area contributed by atoms with Crippen molar-refractivity contribution in [2.45, 2.75) is 6.92 Å². The van der Waals surface area contributed by atoms with E-state index in [0.717, 1.165) is 5.56 Å². The Morgan fingerprint density at radius 1 is 1.60 bits per heavy atom. The molecule has 3 heteroatoms.